The lowest BCUT2D eigenvalue weighted by atomic mass is 10.2. The summed E-state index contributed by atoms with van der Waals surface area (Å²) in [4.78, 5) is 2.22. The molecule has 0 radical (unpaired) electrons. The van der Waals surface area contributed by atoms with Gasteiger partial charge >= 0.3 is 0 Å². The lowest BCUT2D eigenvalue weighted by molar-refractivity contribution is 0.238. The molecule has 1 aromatic rings. The van der Waals surface area contributed by atoms with E-state index in [9.17, 15) is 5.11 Å². The number of aliphatic hydroxyl groups excluding tert-OH is 1. The molecule has 0 spiro atoms. The molecule has 0 amide bonds. The van der Waals surface area contributed by atoms with Crippen LogP contribution in [0.3, 0.4) is 0 Å². The third-order valence-corrected chi connectivity index (χ3v) is 3.00. The van der Waals surface area contributed by atoms with Crippen molar-refractivity contribution < 1.29 is 5.11 Å². The first-order chi connectivity index (χ1) is 8.17. The van der Waals surface area contributed by atoms with Crippen molar-refractivity contribution >= 4 is 5.69 Å². The molecule has 0 bridgehead atoms. The van der Waals surface area contributed by atoms with Crippen LogP contribution in [0.2, 0.25) is 0 Å². The number of anilines is 1. The van der Waals surface area contributed by atoms with Gasteiger partial charge in [-0.15, -0.1) is 0 Å². The van der Waals surface area contributed by atoms with Gasteiger partial charge in [-0.05, 0) is 32.0 Å². The molecule has 17 heavy (non-hydrogen) atoms. The van der Waals surface area contributed by atoms with Gasteiger partial charge in [-0.1, -0.05) is 24.6 Å². The van der Waals surface area contributed by atoms with Crippen molar-refractivity contribution in [2.24, 2.45) is 0 Å². The molecule has 1 aromatic carbocycles. The first-order valence-electron chi connectivity index (χ1n) is 6.29. The third-order valence-electron chi connectivity index (χ3n) is 3.00. The summed E-state index contributed by atoms with van der Waals surface area (Å²) in [6.45, 7) is 6.21. The summed E-state index contributed by atoms with van der Waals surface area (Å²) in [5.74, 6) is 0. The van der Waals surface area contributed by atoms with E-state index in [1.165, 1.54) is 11.3 Å². The van der Waals surface area contributed by atoms with E-state index in [2.05, 4.69) is 55.4 Å². The Labute approximate surface area is 104 Å². The second-order valence-corrected chi connectivity index (χ2v) is 4.48. The molecular formula is C14H24N2O. The van der Waals surface area contributed by atoms with E-state index < -0.39 is 0 Å². The number of nitrogens with one attached hydrogen (secondary N) is 1. The van der Waals surface area contributed by atoms with Gasteiger partial charge in [-0.25, -0.2) is 0 Å². The Morgan fingerprint density at radius 2 is 1.94 bits per heavy atom. The van der Waals surface area contributed by atoms with Crippen molar-refractivity contribution in [1.29, 1.82) is 0 Å². The highest BCUT2D eigenvalue weighted by atomic mass is 16.3. The topological polar surface area (TPSA) is 35.5 Å². The quantitative estimate of drug-likeness (QED) is 0.757. The Balaban J connectivity index is 2.43. The van der Waals surface area contributed by atoms with Crippen LogP contribution in [0.4, 0.5) is 5.69 Å². The van der Waals surface area contributed by atoms with Crippen LogP contribution in [0.5, 0.6) is 0 Å². The molecule has 0 saturated carbocycles. The van der Waals surface area contributed by atoms with E-state index in [1.807, 2.05) is 0 Å². The fraction of sp³-hybridized carbons (Fsp3) is 0.571. The number of aryl methyl sites for hydroxylation is 1. The van der Waals surface area contributed by atoms with Crippen LogP contribution in [0.15, 0.2) is 24.3 Å². The molecule has 0 aliphatic rings. The SMILES string of the molecule is CCNC(CO)CCN(C)c1ccc(C)cc1. The lowest BCUT2D eigenvalue weighted by Crippen LogP contribution is -2.35. The molecule has 96 valence electrons. The van der Waals surface area contributed by atoms with Crippen LogP contribution in [0.1, 0.15) is 18.9 Å². The van der Waals surface area contributed by atoms with Crippen LogP contribution in [-0.2, 0) is 0 Å². The van der Waals surface area contributed by atoms with Crippen LogP contribution < -0.4 is 10.2 Å². The number of rotatable bonds is 7. The monoisotopic (exact) mass is 236 g/mol. The minimum atomic E-state index is 0.202. The number of aliphatic hydroxyl groups is 1. The lowest BCUT2D eigenvalue weighted by Gasteiger charge is -2.23. The molecular weight excluding hydrogens is 212 g/mol. The minimum absolute atomic E-state index is 0.202. The largest absolute Gasteiger partial charge is 0.395 e. The maximum atomic E-state index is 9.20. The number of hydrogen-bond donors (Lipinski definition) is 2. The van der Waals surface area contributed by atoms with Gasteiger partial charge in [-0.2, -0.15) is 0 Å². The zero-order valence-electron chi connectivity index (χ0n) is 11.1. The highest BCUT2D eigenvalue weighted by molar-refractivity contribution is 5.46. The summed E-state index contributed by atoms with van der Waals surface area (Å²) in [7, 11) is 2.09. The molecule has 2 N–H and O–H groups in total. The van der Waals surface area contributed by atoms with Gasteiger partial charge < -0.3 is 15.3 Å². The normalized spacial score (nSPS) is 12.5. The molecule has 3 heteroatoms. The second kappa shape index (κ2) is 7.30. The second-order valence-electron chi connectivity index (χ2n) is 4.48. The van der Waals surface area contributed by atoms with Gasteiger partial charge in [0.2, 0.25) is 0 Å². The highest BCUT2D eigenvalue weighted by Crippen LogP contribution is 2.13. The van der Waals surface area contributed by atoms with Crippen LogP contribution >= 0.6 is 0 Å². The average Bonchev–Trinajstić information content (AvgIpc) is 2.35. The predicted octanol–water partition coefficient (Wildman–Crippen LogP) is 1.79. The van der Waals surface area contributed by atoms with Crippen molar-refractivity contribution in [1.82, 2.24) is 5.32 Å². The Bertz CT molecular complexity index is 311. The van der Waals surface area contributed by atoms with Gasteiger partial charge in [-0.3, -0.25) is 0 Å². The zero-order valence-corrected chi connectivity index (χ0v) is 11.1. The van der Waals surface area contributed by atoms with Gasteiger partial charge in [0.15, 0.2) is 0 Å². The third kappa shape index (κ3) is 4.75. The van der Waals surface area contributed by atoms with Gasteiger partial charge in [0.1, 0.15) is 0 Å². The minimum Gasteiger partial charge on any atom is -0.395 e. The Kier molecular flexibility index (Phi) is 6.01. The molecule has 3 nitrogen and oxygen atoms in total. The van der Waals surface area contributed by atoms with Crippen molar-refractivity contribution in [3.05, 3.63) is 29.8 Å². The molecule has 0 aromatic heterocycles. The predicted molar refractivity (Wildman–Crippen MR) is 73.6 cm³/mol. The molecule has 0 fully saturated rings. The van der Waals surface area contributed by atoms with Gasteiger partial charge in [0.25, 0.3) is 0 Å². The zero-order chi connectivity index (χ0) is 12.7. The van der Waals surface area contributed by atoms with E-state index in [0.29, 0.717) is 0 Å². The number of likely N-dealkylation sites (N-methyl/N-ethyl adjacent to an activating group) is 1. The van der Waals surface area contributed by atoms with E-state index in [4.69, 9.17) is 0 Å². The number of benzene rings is 1. The molecule has 1 unspecified atom stereocenters. The van der Waals surface area contributed by atoms with E-state index in [0.717, 1.165) is 19.5 Å². The van der Waals surface area contributed by atoms with Crippen molar-refractivity contribution in [2.75, 3.05) is 31.6 Å². The maximum Gasteiger partial charge on any atom is 0.0585 e. The molecule has 0 aliphatic carbocycles. The Morgan fingerprint density at radius 3 is 2.47 bits per heavy atom. The molecule has 0 aliphatic heterocycles. The fourth-order valence-corrected chi connectivity index (χ4v) is 1.82. The van der Waals surface area contributed by atoms with Gasteiger partial charge in [0, 0.05) is 25.3 Å². The summed E-state index contributed by atoms with van der Waals surface area (Å²) < 4.78 is 0. The fourth-order valence-electron chi connectivity index (χ4n) is 1.82. The first-order valence-corrected chi connectivity index (χ1v) is 6.29. The van der Waals surface area contributed by atoms with Crippen LogP contribution in [-0.4, -0.2) is 37.9 Å². The molecule has 0 heterocycles. The van der Waals surface area contributed by atoms with Crippen LogP contribution in [0, 0.1) is 6.92 Å². The van der Waals surface area contributed by atoms with Crippen molar-refractivity contribution in [3.63, 3.8) is 0 Å². The van der Waals surface area contributed by atoms with Crippen molar-refractivity contribution in [3.8, 4) is 0 Å². The molecule has 1 atom stereocenters. The first kappa shape index (κ1) is 14.0. The summed E-state index contributed by atoms with van der Waals surface area (Å²) in [5, 5.41) is 12.5. The van der Waals surface area contributed by atoms with E-state index in [-0.39, 0.29) is 12.6 Å². The Hall–Kier alpha value is -1.06. The summed E-state index contributed by atoms with van der Waals surface area (Å²) in [5.41, 5.74) is 2.51. The van der Waals surface area contributed by atoms with E-state index in [1.54, 1.807) is 0 Å². The Morgan fingerprint density at radius 1 is 1.29 bits per heavy atom. The highest BCUT2D eigenvalue weighted by Gasteiger charge is 2.07. The standard InChI is InChI=1S/C14H24N2O/c1-4-15-13(11-17)9-10-16(3)14-7-5-12(2)6-8-14/h5-8,13,15,17H,4,9-11H2,1-3H3. The van der Waals surface area contributed by atoms with E-state index >= 15 is 0 Å². The number of hydrogen-bond acceptors (Lipinski definition) is 3. The number of nitrogens with zero attached hydrogens (tertiary/aromatic N) is 1. The van der Waals surface area contributed by atoms with Gasteiger partial charge in [0.05, 0.1) is 6.61 Å². The van der Waals surface area contributed by atoms with Crippen molar-refractivity contribution in [2.45, 2.75) is 26.3 Å². The molecule has 1 rings (SSSR count). The van der Waals surface area contributed by atoms with Crippen LogP contribution in [0.25, 0.3) is 0 Å². The smallest absolute Gasteiger partial charge is 0.0585 e. The average molecular weight is 236 g/mol. The summed E-state index contributed by atoms with van der Waals surface area (Å²) in [6.07, 6.45) is 0.953. The summed E-state index contributed by atoms with van der Waals surface area (Å²) >= 11 is 0. The molecule has 0 saturated heterocycles. The summed E-state index contributed by atoms with van der Waals surface area (Å²) in [6, 6.07) is 8.72. The maximum absolute atomic E-state index is 9.20.